The van der Waals surface area contributed by atoms with Crippen LogP contribution in [0.1, 0.15) is 17.7 Å². The van der Waals surface area contributed by atoms with Crippen LogP contribution in [-0.2, 0) is 16.0 Å². The van der Waals surface area contributed by atoms with Gasteiger partial charge in [0.05, 0.1) is 12.1 Å². The number of fused-ring (bicyclic) bond motifs is 1. The van der Waals surface area contributed by atoms with Crippen molar-refractivity contribution >= 4 is 28.6 Å². The number of methoxy groups -OCH3 is 1. The molecule has 1 aliphatic rings. The standard InChI is InChI=1S/C19H24N2O2S/c1-13-8-15(20-18-5-4-16(24-3)11-17(13)18)9-14-10-19(22)21(12-14)6-7-23-2/h4-5,8,11,14H,6-7,9-10,12H2,1-3H3/t14-/m0/s1. The number of benzene rings is 1. The van der Waals surface area contributed by atoms with E-state index in [1.165, 1.54) is 15.8 Å². The van der Waals surface area contributed by atoms with Gasteiger partial charge in [0.15, 0.2) is 0 Å². The van der Waals surface area contributed by atoms with Gasteiger partial charge in [-0.2, -0.15) is 0 Å². The van der Waals surface area contributed by atoms with Crippen LogP contribution in [0.5, 0.6) is 0 Å². The summed E-state index contributed by atoms with van der Waals surface area (Å²) < 4.78 is 5.08. The Hall–Kier alpha value is -1.59. The lowest BCUT2D eigenvalue weighted by atomic mass is 10.00. The number of thioether (sulfide) groups is 1. The highest BCUT2D eigenvalue weighted by Crippen LogP contribution is 2.26. The summed E-state index contributed by atoms with van der Waals surface area (Å²) in [6.45, 7) is 4.24. The van der Waals surface area contributed by atoms with Gasteiger partial charge in [0.1, 0.15) is 0 Å². The minimum atomic E-state index is 0.235. The Balaban J connectivity index is 1.75. The molecule has 5 heteroatoms. The van der Waals surface area contributed by atoms with Crippen LogP contribution in [0, 0.1) is 12.8 Å². The van der Waals surface area contributed by atoms with Crippen molar-refractivity contribution in [1.29, 1.82) is 0 Å². The summed E-state index contributed by atoms with van der Waals surface area (Å²) in [5.41, 5.74) is 3.39. The third-order valence-electron chi connectivity index (χ3n) is 4.63. The van der Waals surface area contributed by atoms with E-state index in [9.17, 15) is 4.79 Å². The van der Waals surface area contributed by atoms with Crippen LogP contribution in [0.3, 0.4) is 0 Å². The Morgan fingerprint density at radius 3 is 2.96 bits per heavy atom. The van der Waals surface area contributed by atoms with Crippen LogP contribution in [0.4, 0.5) is 0 Å². The SMILES string of the molecule is COCCN1C[C@@H](Cc2cc(C)c3cc(SC)ccc3n2)CC1=O. The van der Waals surface area contributed by atoms with E-state index >= 15 is 0 Å². The Morgan fingerprint density at radius 1 is 1.38 bits per heavy atom. The van der Waals surface area contributed by atoms with Crippen molar-refractivity contribution in [3.8, 4) is 0 Å². The average Bonchev–Trinajstić information content (AvgIpc) is 2.92. The summed E-state index contributed by atoms with van der Waals surface area (Å²) >= 11 is 1.75. The molecule has 0 saturated carbocycles. The lowest BCUT2D eigenvalue weighted by molar-refractivity contribution is -0.128. The minimum Gasteiger partial charge on any atom is -0.383 e. The molecular weight excluding hydrogens is 320 g/mol. The van der Waals surface area contributed by atoms with E-state index in [2.05, 4.69) is 37.4 Å². The van der Waals surface area contributed by atoms with Crippen LogP contribution in [-0.4, -0.2) is 48.9 Å². The van der Waals surface area contributed by atoms with Crippen molar-refractivity contribution in [2.75, 3.05) is 33.1 Å². The maximum Gasteiger partial charge on any atom is 0.223 e. The number of pyridine rings is 1. The molecule has 0 aliphatic carbocycles. The number of hydrogen-bond donors (Lipinski definition) is 0. The van der Waals surface area contributed by atoms with Gasteiger partial charge < -0.3 is 9.64 Å². The smallest absolute Gasteiger partial charge is 0.223 e. The molecule has 1 aromatic heterocycles. The largest absolute Gasteiger partial charge is 0.383 e. The van der Waals surface area contributed by atoms with Crippen molar-refractivity contribution in [2.24, 2.45) is 5.92 Å². The zero-order valence-electron chi connectivity index (χ0n) is 14.5. The highest BCUT2D eigenvalue weighted by Gasteiger charge is 2.29. The van der Waals surface area contributed by atoms with Crippen molar-refractivity contribution in [3.63, 3.8) is 0 Å². The molecule has 2 aromatic rings. The number of likely N-dealkylation sites (tertiary alicyclic amines) is 1. The fraction of sp³-hybridized carbons (Fsp3) is 0.474. The van der Waals surface area contributed by atoms with E-state index in [0.717, 1.165) is 24.2 Å². The molecule has 24 heavy (non-hydrogen) atoms. The number of carbonyl (C=O) groups is 1. The van der Waals surface area contributed by atoms with E-state index in [-0.39, 0.29) is 5.91 Å². The molecule has 0 bridgehead atoms. The van der Waals surface area contributed by atoms with Crippen LogP contribution < -0.4 is 0 Å². The van der Waals surface area contributed by atoms with E-state index in [1.54, 1.807) is 18.9 Å². The average molecular weight is 344 g/mol. The Kier molecular flexibility index (Phi) is 5.41. The number of rotatable bonds is 6. The van der Waals surface area contributed by atoms with Gasteiger partial charge >= 0.3 is 0 Å². The molecule has 1 aliphatic heterocycles. The van der Waals surface area contributed by atoms with Gasteiger partial charge in [-0.25, -0.2) is 0 Å². The van der Waals surface area contributed by atoms with Crippen molar-refractivity contribution in [3.05, 3.63) is 35.5 Å². The number of nitrogens with zero attached hydrogens (tertiary/aromatic N) is 2. The zero-order chi connectivity index (χ0) is 17.1. The van der Waals surface area contributed by atoms with E-state index in [0.29, 0.717) is 25.5 Å². The summed E-state index contributed by atoms with van der Waals surface area (Å²) in [5, 5.41) is 1.22. The summed E-state index contributed by atoms with van der Waals surface area (Å²) in [6, 6.07) is 8.60. The maximum atomic E-state index is 12.1. The quantitative estimate of drug-likeness (QED) is 0.754. The first kappa shape index (κ1) is 17.2. The van der Waals surface area contributed by atoms with Crippen LogP contribution in [0.2, 0.25) is 0 Å². The fourth-order valence-electron chi connectivity index (χ4n) is 3.38. The molecule has 0 unspecified atom stereocenters. The number of amides is 1. The number of aryl methyl sites for hydroxylation is 1. The second kappa shape index (κ2) is 7.53. The first-order chi connectivity index (χ1) is 11.6. The first-order valence-electron chi connectivity index (χ1n) is 8.31. The van der Waals surface area contributed by atoms with E-state index in [4.69, 9.17) is 9.72 Å². The number of hydrogen-bond acceptors (Lipinski definition) is 4. The third-order valence-corrected chi connectivity index (χ3v) is 5.36. The topological polar surface area (TPSA) is 42.4 Å². The molecule has 128 valence electrons. The lowest BCUT2D eigenvalue weighted by Crippen LogP contribution is -2.28. The molecule has 0 radical (unpaired) electrons. The molecule has 2 heterocycles. The van der Waals surface area contributed by atoms with Gasteiger partial charge in [-0.15, -0.1) is 11.8 Å². The predicted molar refractivity (Wildman–Crippen MR) is 98.5 cm³/mol. The van der Waals surface area contributed by atoms with Gasteiger partial charge in [0.2, 0.25) is 5.91 Å². The summed E-state index contributed by atoms with van der Waals surface area (Å²) in [7, 11) is 1.67. The second-order valence-corrected chi connectivity index (χ2v) is 7.30. The van der Waals surface area contributed by atoms with Gasteiger partial charge in [0.25, 0.3) is 0 Å². The highest BCUT2D eigenvalue weighted by molar-refractivity contribution is 7.98. The Morgan fingerprint density at radius 2 is 2.21 bits per heavy atom. The molecule has 0 N–H and O–H groups in total. The first-order valence-corrected chi connectivity index (χ1v) is 9.54. The molecular formula is C19H24N2O2S. The molecule has 1 saturated heterocycles. The Bertz CT molecular complexity index is 747. The van der Waals surface area contributed by atoms with Crippen LogP contribution in [0.15, 0.2) is 29.2 Å². The van der Waals surface area contributed by atoms with E-state index < -0.39 is 0 Å². The fourth-order valence-corrected chi connectivity index (χ4v) is 3.82. The molecule has 0 spiro atoms. The highest BCUT2D eigenvalue weighted by atomic mass is 32.2. The summed E-state index contributed by atoms with van der Waals surface area (Å²) in [4.78, 5) is 20.1. The molecule has 1 atom stereocenters. The van der Waals surface area contributed by atoms with E-state index in [1.807, 2.05) is 4.90 Å². The van der Waals surface area contributed by atoms with Gasteiger partial charge in [0, 0.05) is 42.6 Å². The summed E-state index contributed by atoms with van der Waals surface area (Å²) in [6.07, 6.45) is 3.56. The van der Waals surface area contributed by atoms with Gasteiger partial charge in [-0.05, 0) is 55.3 Å². The maximum absolute atomic E-state index is 12.1. The molecule has 1 amide bonds. The Labute approximate surface area is 147 Å². The third kappa shape index (κ3) is 3.73. The molecule has 1 fully saturated rings. The van der Waals surface area contributed by atoms with Gasteiger partial charge in [-0.1, -0.05) is 0 Å². The van der Waals surface area contributed by atoms with Crippen molar-refractivity contribution < 1.29 is 9.53 Å². The van der Waals surface area contributed by atoms with Crippen LogP contribution in [0.25, 0.3) is 10.9 Å². The summed E-state index contributed by atoms with van der Waals surface area (Å²) in [5.74, 6) is 0.586. The lowest BCUT2D eigenvalue weighted by Gasteiger charge is -2.16. The minimum absolute atomic E-state index is 0.235. The number of carbonyl (C=O) groups excluding carboxylic acids is 1. The van der Waals surface area contributed by atoms with Gasteiger partial charge in [-0.3, -0.25) is 9.78 Å². The molecule has 3 rings (SSSR count). The monoisotopic (exact) mass is 344 g/mol. The number of aromatic nitrogens is 1. The zero-order valence-corrected chi connectivity index (χ0v) is 15.4. The normalized spacial score (nSPS) is 17.9. The van der Waals surface area contributed by atoms with Crippen molar-refractivity contribution in [2.45, 2.75) is 24.7 Å². The second-order valence-electron chi connectivity index (χ2n) is 6.42. The van der Waals surface area contributed by atoms with Crippen molar-refractivity contribution in [1.82, 2.24) is 9.88 Å². The molecule has 1 aromatic carbocycles. The predicted octanol–water partition coefficient (Wildman–Crippen LogP) is 3.30. The number of ether oxygens (including phenoxy) is 1. The van der Waals surface area contributed by atoms with Crippen LogP contribution >= 0.6 is 11.8 Å². The molecule has 4 nitrogen and oxygen atoms in total.